The summed E-state index contributed by atoms with van der Waals surface area (Å²) < 4.78 is 21.6. The summed E-state index contributed by atoms with van der Waals surface area (Å²) in [6.07, 6.45) is 0.742. The van der Waals surface area contributed by atoms with Crippen molar-refractivity contribution < 1.29 is 23.7 Å². The molecular weight excluding hydrogens is 372 g/mol. The molecule has 1 aliphatic rings. The van der Waals surface area contributed by atoms with Gasteiger partial charge in [0.1, 0.15) is 17.1 Å². The van der Waals surface area contributed by atoms with Crippen LogP contribution in [0.1, 0.15) is 15.9 Å². The van der Waals surface area contributed by atoms with Crippen molar-refractivity contribution in [2.24, 2.45) is 0 Å². The lowest BCUT2D eigenvalue weighted by atomic mass is 10.1. The SMILES string of the molecule is COc1cc(C(=O)N2CCc3cc4cccc(OC)c4nc32)cc(OC)c1OC. The van der Waals surface area contributed by atoms with Gasteiger partial charge in [-0.05, 0) is 36.2 Å². The Morgan fingerprint density at radius 1 is 0.931 bits per heavy atom. The molecular formula is C22H22N2O5. The molecule has 1 amide bonds. The van der Waals surface area contributed by atoms with Crippen LogP contribution in [0.3, 0.4) is 0 Å². The van der Waals surface area contributed by atoms with Crippen LogP contribution >= 0.6 is 0 Å². The van der Waals surface area contributed by atoms with Crippen molar-refractivity contribution in [3.05, 3.63) is 47.5 Å². The van der Waals surface area contributed by atoms with E-state index < -0.39 is 0 Å². The Balaban J connectivity index is 1.78. The Kier molecular flexibility index (Phi) is 4.88. The highest BCUT2D eigenvalue weighted by molar-refractivity contribution is 6.08. The van der Waals surface area contributed by atoms with Crippen LogP contribution < -0.4 is 23.8 Å². The van der Waals surface area contributed by atoms with Gasteiger partial charge in [0, 0.05) is 17.5 Å². The third-order valence-corrected chi connectivity index (χ3v) is 5.10. The average Bonchev–Trinajstić information content (AvgIpc) is 3.18. The topological polar surface area (TPSA) is 70.1 Å². The molecule has 2 aromatic carbocycles. The van der Waals surface area contributed by atoms with Crippen molar-refractivity contribution in [2.75, 3.05) is 39.9 Å². The van der Waals surface area contributed by atoms with Gasteiger partial charge in [-0.3, -0.25) is 9.69 Å². The number of carbonyl (C=O) groups is 1. The molecule has 0 radical (unpaired) electrons. The van der Waals surface area contributed by atoms with Gasteiger partial charge < -0.3 is 18.9 Å². The molecule has 1 aliphatic heterocycles. The molecule has 4 rings (SSSR count). The van der Waals surface area contributed by atoms with Crippen molar-refractivity contribution >= 4 is 22.6 Å². The summed E-state index contributed by atoms with van der Waals surface area (Å²) in [5.41, 5.74) is 2.21. The number of hydrogen-bond acceptors (Lipinski definition) is 6. The molecule has 0 aliphatic carbocycles. The lowest BCUT2D eigenvalue weighted by molar-refractivity contribution is 0.0988. The summed E-state index contributed by atoms with van der Waals surface area (Å²) in [5.74, 6) is 2.47. The largest absolute Gasteiger partial charge is 0.494 e. The zero-order chi connectivity index (χ0) is 20.5. The van der Waals surface area contributed by atoms with Crippen molar-refractivity contribution in [3.8, 4) is 23.0 Å². The quantitative estimate of drug-likeness (QED) is 0.660. The summed E-state index contributed by atoms with van der Waals surface area (Å²) in [6.45, 7) is 0.552. The molecule has 3 aromatic rings. The number of pyridine rings is 1. The fourth-order valence-corrected chi connectivity index (χ4v) is 3.68. The first kappa shape index (κ1) is 18.9. The number of ether oxygens (including phenoxy) is 4. The van der Waals surface area contributed by atoms with E-state index in [1.165, 1.54) is 21.3 Å². The van der Waals surface area contributed by atoms with Crippen molar-refractivity contribution in [1.29, 1.82) is 0 Å². The summed E-state index contributed by atoms with van der Waals surface area (Å²) in [7, 11) is 6.19. The third kappa shape index (κ3) is 3.08. The molecule has 0 unspecified atom stereocenters. The monoisotopic (exact) mass is 394 g/mol. The maximum absolute atomic E-state index is 13.3. The van der Waals surface area contributed by atoms with Gasteiger partial charge in [-0.2, -0.15) is 0 Å². The zero-order valence-electron chi connectivity index (χ0n) is 16.8. The first-order chi connectivity index (χ1) is 14.1. The van der Waals surface area contributed by atoms with E-state index in [4.69, 9.17) is 23.9 Å². The molecule has 0 saturated heterocycles. The van der Waals surface area contributed by atoms with Gasteiger partial charge >= 0.3 is 0 Å². The lowest BCUT2D eigenvalue weighted by Gasteiger charge is -2.19. The van der Waals surface area contributed by atoms with E-state index >= 15 is 0 Å². The second-order valence-corrected chi connectivity index (χ2v) is 6.62. The maximum atomic E-state index is 13.3. The van der Waals surface area contributed by atoms with E-state index in [9.17, 15) is 4.79 Å². The van der Waals surface area contributed by atoms with Crippen LogP contribution in [0.25, 0.3) is 10.9 Å². The van der Waals surface area contributed by atoms with E-state index in [0.717, 1.165) is 22.9 Å². The second-order valence-electron chi connectivity index (χ2n) is 6.62. The van der Waals surface area contributed by atoms with Crippen LogP contribution in [0.2, 0.25) is 0 Å². The van der Waals surface area contributed by atoms with Crippen LogP contribution in [0, 0.1) is 0 Å². The molecule has 150 valence electrons. The fraction of sp³-hybridized carbons (Fsp3) is 0.273. The van der Waals surface area contributed by atoms with Crippen LogP contribution in [0.15, 0.2) is 36.4 Å². The van der Waals surface area contributed by atoms with Gasteiger partial charge in [0.2, 0.25) is 5.75 Å². The Morgan fingerprint density at radius 2 is 1.62 bits per heavy atom. The summed E-state index contributed by atoms with van der Waals surface area (Å²) in [6, 6.07) is 11.2. The number of carbonyl (C=O) groups excluding carboxylic acids is 1. The van der Waals surface area contributed by atoms with E-state index in [-0.39, 0.29) is 5.91 Å². The first-order valence-electron chi connectivity index (χ1n) is 9.19. The molecule has 0 bridgehead atoms. The molecule has 2 heterocycles. The number of amides is 1. The van der Waals surface area contributed by atoms with Crippen LogP contribution in [-0.4, -0.2) is 45.9 Å². The molecule has 0 N–H and O–H groups in total. The number of anilines is 1. The molecule has 0 fully saturated rings. The van der Waals surface area contributed by atoms with E-state index in [2.05, 4.69) is 6.07 Å². The number of nitrogens with zero attached hydrogens (tertiary/aromatic N) is 2. The highest BCUT2D eigenvalue weighted by Gasteiger charge is 2.29. The smallest absolute Gasteiger partial charge is 0.259 e. The fourth-order valence-electron chi connectivity index (χ4n) is 3.68. The molecule has 29 heavy (non-hydrogen) atoms. The number of aromatic nitrogens is 1. The normalized spacial score (nSPS) is 12.6. The summed E-state index contributed by atoms with van der Waals surface area (Å²) in [4.78, 5) is 19.8. The van der Waals surface area contributed by atoms with E-state index in [1.807, 2.05) is 18.2 Å². The van der Waals surface area contributed by atoms with Gasteiger partial charge in [0.25, 0.3) is 5.91 Å². The van der Waals surface area contributed by atoms with Gasteiger partial charge in [0.05, 0.1) is 28.4 Å². The number of benzene rings is 2. The number of rotatable bonds is 5. The molecule has 0 saturated carbocycles. The van der Waals surface area contributed by atoms with Crippen LogP contribution in [-0.2, 0) is 6.42 Å². The third-order valence-electron chi connectivity index (χ3n) is 5.10. The molecule has 0 spiro atoms. The second kappa shape index (κ2) is 7.50. The Bertz CT molecular complexity index is 1070. The predicted molar refractivity (Wildman–Crippen MR) is 110 cm³/mol. The molecule has 1 aromatic heterocycles. The number of hydrogen-bond donors (Lipinski definition) is 0. The van der Waals surface area contributed by atoms with Gasteiger partial charge in [-0.1, -0.05) is 12.1 Å². The maximum Gasteiger partial charge on any atom is 0.259 e. The highest BCUT2D eigenvalue weighted by atomic mass is 16.5. The Hall–Kier alpha value is -3.48. The van der Waals surface area contributed by atoms with Gasteiger partial charge in [-0.15, -0.1) is 0 Å². The first-order valence-corrected chi connectivity index (χ1v) is 9.19. The minimum absolute atomic E-state index is 0.176. The predicted octanol–water partition coefficient (Wildman–Crippen LogP) is 3.47. The lowest BCUT2D eigenvalue weighted by Crippen LogP contribution is -2.29. The number of methoxy groups -OCH3 is 4. The van der Waals surface area contributed by atoms with Gasteiger partial charge in [0.15, 0.2) is 11.5 Å². The van der Waals surface area contributed by atoms with Gasteiger partial charge in [-0.25, -0.2) is 4.98 Å². The molecule has 7 heteroatoms. The van der Waals surface area contributed by atoms with E-state index in [0.29, 0.717) is 40.9 Å². The molecule has 7 nitrogen and oxygen atoms in total. The van der Waals surface area contributed by atoms with Crippen molar-refractivity contribution in [3.63, 3.8) is 0 Å². The molecule has 0 atom stereocenters. The Morgan fingerprint density at radius 3 is 2.24 bits per heavy atom. The standard InChI is InChI=1S/C22H22N2O5/c1-26-16-7-5-6-13-10-14-8-9-24(21(14)23-19(13)16)22(25)15-11-17(27-2)20(29-4)18(12-15)28-3/h5-7,10-12H,8-9H2,1-4H3. The van der Waals surface area contributed by atoms with Crippen LogP contribution in [0.4, 0.5) is 5.82 Å². The van der Waals surface area contributed by atoms with E-state index in [1.54, 1.807) is 24.1 Å². The highest BCUT2D eigenvalue weighted by Crippen LogP contribution is 2.40. The zero-order valence-corrected chi connectivity index (χ0v) is 16.8. The minimum Gasteiger partial charge on any atom is -0.494 e. The number of fused-ring (bicyclic) bond motifs is 2. The van der Waals surface area contributed by atoms with Crippen molar-refractivity contribution in [2.45, 2.75) is 6.42 Å². The number of para-hydroxylation sites is 1. The average molecular weight is 394 g/mol. The summed E-state index contributed by atoms with van der Waals surface area (Å²) in [5, 5.41) is 0.991. The summed E-state index contributed by atoms with van der Waals surface area (Å²) >= 11 is 0. The Labute approximate surface area is 168 Å². The van der Waals surface area contributed by atoms with Crippen LogP contribution in [0.5, 0.6) is 23.0 Å². The minimum atomic E-state index is -0.176. The van der Waals surface area contributed by atoms with Crippen molar-refractivity contribution in [1.82, 2.24) is 4.98 Å².